The van der Waals surface area contributed by atoms with Crippen LogP contribution in [0.4, 0.5) is 0 Å². The van der Waals surface area contributed by atoms with Gasteiger partial charge < -0.3 is 28.6 Å². The monoisotopic (exact) mass is 344 g/mol. The molecule has 0 heterocycles. The molecule has 25 heavy (non-hydrogen) atoms. The van der Waals surface area contributed by atoms with Crippen LogP contribution in [0.25, 0.3) is 12.2 Å². The number of hydrogen-bond acceptors (Lipinski definition) is 6. The Kier molecular flexibility index (Phi) is 6.59. The van der Waals surface area contributed by atoms with Gasteiger partial charge in [-0.3, -0.25) is 0 Å². The van der Waals surface area contributed by atoms with Gasteiger partial charge in [0.25, 0.3) is 0 Å². The molecular weight excluding hydrogens is 323 g/mol. The molecular formula is C18H21BO6. The van der Waals surface area contributed by atoms with E-state index in [1.54, 1.807) is 40.6 Å². The van der Waals surface area contributed by atoms with Crippen LogP contribution in [-0.4, -0.2) is 41.1 Å². The fraction of sp³-hybridized carbons (Fsp3) is 0.222. The van der Waals surface area contributed by atoms with E-state index in [-0.39, 0.29) is 0 Å². The molecule has 0 bridgehead atoms. The quantitative estimate of drug-likeness (QED) is 0.586. The smallest absolute Gasteiger partial charge is 0.504 e. The molecule has 6 nitrogen and oxygen atoms in total. The largest absolute Gasteiger partial charge is 0.536 e. The topological polar surface area (TPSA) is 66.4 Å². The summed E-state index contributed by atoms with van der Waals surface area (Å²) < 4.78 is 26.4. The molecule has 2 aromatic rings. The van der Waals surface area contributed by atoms with E-state index in [0.29, 0.717) is 28.7 Å². The summed E-state index contributed by atoms with van der Waals surface area (Å²) in [5, 5.41) is 8.97. The second-order valence-electron chi connectivity index (χ2n) is 4.98. The first-order chi connectivity index (χ1) is 12.2. The predicted octanol–water partition coefficient (Wildman–Crippen LogP) is 2.53. The van der Waals surface area contributed by atoms with E-state index in [1.807, 2.05) is 30.4 Å². The predicted molar refractivity (Wildman–Crippen MR) is 98.0 cm³/mol. The van der Waals surface area contributed by atoms with Gasteiger partial charge in [0, 0.05) is 0 Å². The molecule has 2 rings (SSSR count). The van der Waals surface area contributed by atoms with E-state index < -0.39 is 7.69 Å². The molecule has 0 saturated carbocycles. The summed E-state index contributed by atoms with van der Waals surface area (Å²) in [6.45, 7) is 0. The lowest BCUT2D eigenvalue weighted by Crippen LogP contribution is -2.01. The van der Waals surface area contributed by atoms with Crippen molar-refractivity contribution in [2.45, 2.75) is 0 Å². The van der Waals surface area contributed by atoms with Crippen molar-refractivity contribution in [3.8, 4) is 28.7 Å². The highest BCUT2D eigenvalue weighted by atomic mass is 16.5. The third-order valence-electron chi connectivity index (χ3n) is 3.56. The van der Waals surface area contributed by atoms with Gasteiger partial charge in [-0.2, -0.15) is 0 Å². The molecule has 2 aromatic carbocycles. The summed E-state index contributed by atoms with van der Waals surface area (Å²) in [6.07, 6.45) is 3.82. The van der Waals surface area contributed by atoms with Gasteiger partial charge in [-0.15, -0.1) is 0 Å². The molecule has 0 atom stereocenters. The molecule has 0 saturated heterocycles. The summed E-state index contributed by atoms with van der Waals surface area (Å²) in [6, 6.07) is 9.15. The SMILES string of the molecule is COc1ccc(/C=C\c2cc(OC)c(OC)c(OC)c2)cc1OBO. The number of ether oxygens (including phenoxy) is 4. The van der Waals surface area contributed by atoms with E-state index in [1.165, 1.54) is 0 Å². The molecule has 0 spiro atoms. The molecule has 132 valence electrons. The van der Waals surface area contributed by atoms with Crippen LogP contribution >= 0.6 is 0 Å². The Morgan fingerprint density at radius 2 is 1.28 bits per heavy atom. The van der Waals surface area contributed by atoms with E-state index >= 15 is 0 Å². The minimum absolute atomic E-state index is 0.420. The second-order valence-corrected chi connectivity index (χ2v) is 4.98. The average molecular weight is 344 g/mol. The zero-order valence-corrected chi connectivity index (χ0v) is 14.7. The number of rotatable bonds is 8. The molecule has 7 heteroatoms. The number of methoxy groups -OCH3 is 4. The van der Waals surface area contributed by atoms with Crippen LogP contribution in [0.15, 0.2) is 30.3 Å². The first-order valence-electron chi connectivity index (χ1n) is 7.56. The van der Waals surface area contributed by atoms with Crippen molar-refractivity contribution < 1.29 is 28.6 Å². The maximum Gasteiger partial charge on any atom is 0.504 e. The molecule has 1 N–H and O–H groups in total. The summed E-state index contributed by atoms with van der Waals surface area (Å²) in [5.74, 6) is 2.74. The molecule has 0 fully saturated rings. The first-order valence-corrected chi connectivity index (χ1v) is 7.56. The van der Waals surface area contributed by atoms with Crippen LogP contribution in [0.5, 0.6) is 28.7 Å². The molecule has 0 unspecified atom stereocenters. The van der Waals surface area contributed by atoms with Crippen LogP contribution in [0.2, 0.25) is 0 Å². The van der Waals surface area contributed by atoms with E-state index in [0.717, 1.165) is 11.1 Å². The molecule has 0 aromatic heterocycles. The maximum atomic E-state index is 8.97. The van der Waals surface area contributed by atoms with Crippen molar-refractivity contribution in [3.05, 3.63) is 41.5 Å². The van der Waals surface area contributed by atoms with Gasteiger partial charge in [-0.25, -0.2) is 0 Å². The Hall–Kier alpha value is -2.80. The maximum absolute atomic E-state index is 8.97. The highest BCUT2D eigenvalue weighted by Crippen LogP contribution is 2.38. The Bertz CT molecular complexity index is 719. The van der Waals surface area contributed by atoms with Crippen molar-refractivity contribution in [2.75, 3.05) is 28.4 Å². The van der Waals surface area contributed by atoms with Gasteiger partial charge in [-0.05, 0) is 35.4 Å². The number of benzene rings is 2. The summed E-state index contributed by atoms with van der Waals surface area (Å²) in [4.78, 5) is 0. The Labute approximate surface area is 147 Å². The zero-order chi connectivity index (χ0) is 18.2. The van der Waals surface area contributed by atoms with Gasteiger partial charge in [0.2, 0.25) is 5.75 Å². The Morgan fingerprint density at radius 3 is 1.80 bits per heavy atom. The molecule has 0 aliphatic rings. The normalized spacial score (nSPS) is 10.4. The van der Waals surface area contributed by atoms with Crippen molar-refractivity contribution >= 4 is 19.8 Å². The minimum Gasteiger partial charge on any atom is -0.536 e. The van der Waals surface area contributed by atoms with Crippen LogP contribution in [-0.2, 0) is 0 Å². The van der Waals surface area contributed by atoms with Crippen LogP contribution in [0.3, 0.4) is 0 Å². The molecule has 0 aliphatic carbocycles. The third kappa shape index (κ3) is 4.39. The van der Waals surface area contributed by atoms with Crippen LogP contribution in [0.1, 0.15) is 11.1 Å². The highest BCUT2D eigenvalue weighted by Gasteiger charge is 2.12. The fourth-order valence-electron chi connectivity index (χ4n) is 2.37. The van der Waals surface area contributed by atoms with Crippen LogP contribution in [0, 0.1) is 0 Å². The van der Waals surface area contributed by atoms with Gasteiger partial charge in [0.1, 0.15) is 5.75 Å². The highest BCUT2D eigenvalue weighted by molar-refractivity contribution is 6.17. The van der Waals surface area contributed by atoms with E-state index in [2.05, 4.69) is 0 Å². The van der Waals surface area contributed by atoms with Gasteiger partial charge >= 0.3 is 7.69 Å². The molecule has 0 aliphatic heterocycles. The van der Waals surface area contributed by atoms with Gasteiger partial charge in [-0.1, -0.05) is 18.2 Å². The molecule has 0 radical (unpaired) electrons. The minimum atomic E-state index is -0.420. The summed E-state index contributed by atoms with van der Waals surface area (Å²) in [5.41, 5.74) is 1.77. The summed E-state index contributed by atoms with van der Waals surface area (Å²) in [7, 11) is 5.84. The van der Waals surface area contributed by atoms with Gasteiger partial charge in [0.05, 0.1) is 28.4 Å². The lowest BCUT2D eigenvalue weighted by molar-refractivity contribution is 0.324. The zero-order valence-electron chi connectivity index (χ0n) is 14.7. The lowest BCUT2D eigenvalue weighted by Gasteiger charge is -2.13. The summed E-state index contributed by atoms with van der Waals surface area (Å²) >= 11 is 0. The fourth-order valence-corrected chi connectivity index (χ4v) is 2.37. The average Bonchev–Trinajstić information content (AvgIpc) is 2.65. The van der Waals surface area contributed by atoms with Crippen molar-refractivity contribution in [1.82, 2.24) is 0 Å². The van der Waals surface area contributed by atoms with Crippen molar-refractivity contribution in [3.63, 3.8) is 0 Å². The van der Waals surface area contributed by atoms with Gasteiger partial charge in [0.15, 0.2) is 17.2 Å². The standard InChI is InChI=1S/C18H21BO6/c1-21-14-8-7-12(9-15(14)25-19-20)5-6-13-10-16(22-2)18(24-4)17(11-13)23-3/h5-11,19-20H,1-4H3/b6-5-. The van der Waals surface area contributed by atoms with E-state index in [4.69, 9.17) is 28.6 Å². The Balaban J connectivity index is 2.34. The number of hydrogen-bond donors (Lipinski definition) is 1. The van der Waals surface area contributed by atoms with Crippen LogP contribution < -0.4 is 23.6 Å². The first kappa shape index (κ1) is 18.5. The van der Waals surface area contributed by atoms with E-state index in [9.17, 15) is 0 Å². The third-order valence-corrected chi connectivity index (χ3v) is 3.56. The van der Waals surface area contributed by atoms with Crippen molar-refractivity contribution in [2.24, 2.45) is 0 Å². The lowest BCUT2D eigenvalue weighted by atomic mass is 10.1. The Morgan fingerprint density at radius 1 is 0.720 bits per heavy atom. The molecule has 0 amide bonds. The van der Waals surface area contributed by atoms with Crippen molar-refractivity contribution in [1.29, 1.82) is 0 Å². The second kappa shape index (κ2) is 8.89.